The van der Waals surface area contributed by atoms with Crippen LogP contribution in [-0.2, 0) is 0 Å². The Balaban J connectivity index is 0.869. The van der Waals surface area contributed by atoms with Gasteiger partial charge in [-0.15, -0.1) is 0 Å². The zero-order valence-corrected chi connectivity index (χ0v) is 36.4. The average molecular weight is 872 g/mol. The van der Waals surface area contributed by atoms with Gasteiger partial charge < -0.3 is 8.83 Å². The van der Waals surface area contributed by atoms with Gasteiger partial charge in [-0.3, -0.25) is 0 Å². The van der Waals surface area contributed by atoms with Crippen LogP contribution in [0.25, 0.3) is 134 Å². The number of furan rings is 2. The van der Waals surface area contributed by atoms with Crippen LogP contribution in [0.2, 0.25) is 0 Å². The molecule has 0 aliphatic heterocycles. The highest BCUT2D eigenvalue weighted by atomic mass is 16.3. The van der Waals surface area contributed by atoms with Crippen molar-refractivity contribution in [3.63, 3.8) is 0 Å². The molecule has 0 bridgehead atoms. The largest absolute Gasteiger partial charge is 0.456 e. The summed E-state index contributed by atoms with van der Waals surface area (Å²) in [4.78, 5) is 25.5. The number of nitrogens with zero attached hydrogens (tertiary/aromatic N) is 5. The number of rotatable bonds is 8. The second-order valence-corrected chi connectivity index (χ2v) is 16.8. The lowest BCUT2D eigenvalue weighted by Crippen LogP contribution is -2.00. The van der Waals surface area contributed by atoms with Gasteiger partial charge in [0.25, 0.3) is 0 Å². The fourth-order valence-corrected chi connectivity index (χ4v) is 9.17. The van der Waals surface area contributed by atoms with Crippen molar-refractivity contribution in [2.24, 2.45) is 0 Å². The van der Waals surface area contributed by atoms with Gasteiger partial charge in [0.2, 0.25) is 0 Å². The van der Waals surface area contributed by atoms with Crippen molar-refractivity contribution in [3.05, 3.63) is 224 Å². The highest BCUT2D eigenvalue weighted by Crippen LogP contribution is 2.38. The monoisotopic (exact) mass is 871 g/mol. The summed E-state index contributed by atoms with van der Waals surface area (Å²) in [6.45, 7) is 0. The third kappa shape index (κ3) is 7.06. The summed E-state index contributed by atoms with van der Waals surface area (Å²) in [5.74, 6) is 2.39. The van der Waals surface area contributed by atoms with E-state index in [1.165, 1.54) is 0 Å². The van der Waals surface area contributed by atoms with Crippen LogP contribution in [0.1, 0.15) is 0 Å². The van der Waals surface area contributed by atoms with E-state index in [4.69, 9.17) is 33.8 Å². The predicted octanol–water partition coefficient (Wildman–Crippen LogP) is 15.8. The van der Waals surface area contributed by atoms with Gasteiger partial charge in [0, 0.05) is 60.5 Å². The highest BCUT2D eigenvalue weighted by molar-refractivity contribution is 6.09. The standard InChI is InChI=1S/C61H37N5O2/c1-3-14-40(15-4-1)58-62-52(39-30-28-38(29-31-39)47-24-13-25-51-49-23-8-10-27-55(49)68-57(47)51)37-53(63-58)44-20-11-18-42(34-44)43-19-12-21-45(35-43)60-64-59(41-16-5-2-6-17-41)65-61(66-60)46-32-33-50-48-22-7-9-26-54(48)67-56(50)36-46/h1-37H. The van der Waals surface area contributed by atoms with Crippen molar-refractivity contribution in [3.8, 4) is 90.3 Å². The van der Waals surface area contributed by atoms with Crippen LogP contribution in [0.5, 0.6) is 0 Å². The average Bonchev–Trinajstić information content (AvgIpc) is 4.00. The van der Waals surface area contributed by atoms with Gasteiger partial charge >= 0.3 is 0 Å². The van der Waals surface area contributed by atoms with E-state index in [0.717, 1.165) is 111 Å². The third-order valence-corrected chi connectivity index (χ3v) is 12.6. The number of hydrogen-bond acceptors (Lipinski definition) is 7. The van der Waals surface area contributed by atoms with Crippen molar-refractivity contribution < 1.29 is 8.83 Å². The zero-order chi connectivity index (χ0) is 45.0. The topological polar surface area (TPSA) is 90.7 Å². The first-order chi connectivity index (χ1) is 33.6. The highest BCUT2D eigenvalue weighted by Gasteiger charge is 2.18. The molecule has 0 atom stereocenters. The Morgan fingerprint density at radius 2 is 0.676 bits per heavy atom. The molecule has 13 rings (SSSR count). The van der Waals surface area contributed by atoms with E-state index >= 15 is 0 Å². The second kappa shape index (κ2) is 16.3. The van der Waals surface area contributed by atoms with E-state index in [0.29, 0.717) is 23.3 Å². The molecular weight excluding hydrogens is 835 g/mol. The van der Waals surface area contributed by atoms with Crippen LogP contribution in [0.3, 0.4) is 0 Å². The van der Waals surface area contributed by atoms with E-state index < -0.39 is 0 Å². The molecule has 0 saturated heterocycles. The van der Waals surface area contributed by atoms with Crippen LogP contribution in [0.4, 0.5) is 0 Å². The van der Waals surface area contributed by atoms with E-state index in [1.54, 1.807) is 0 Å². The Morgan fingerprint density at radius 3 is 1.37 bits per heavy atom. The Bertz CT molecular complexity index is 4030. The molecule has 9 aromatic carbocycles. The molecule has 0 spiro atoms. The lowest BCUT2D eigenvalue weighted by molar-refractivity contribution is 0.669. The molecule has 0 aliphatic carbocycles. The van der Waals surface area contributed by atoms with Gasteiger partial charge in [-0.25, -0.2) is 24.9 Å². The van der Waals surface area contributed by atoms with Crippen molar-refractivity contribution in [1.82, 2.24) is 24.9 Å². The number of para-hydroxylation sites is 3. The first-order valence-corrected chi connectivity index (χ1v) is 22.6. The molecule has 7 heteroatoms. The van der Waals surface area contributed by atoms with Gasteiger partial charge in [0.05, 0.1) is 11.4 Å². The summed E-state index contributed by atoms with van der Waals surface area (Å²) in [7, 11) is 0. The fraction of sp³-hybridized carbons (Fsp3) is 0. The van der Waals surface area contributed by atoms with E-state index in [9.17, 15) is 0 Å². The molecule has 318 valence electrons. The molecular formula is C61H37N5O2. The minimum absolute atomic E-state index is 0.565. The van der Waals surface area contributed by atoms with Crippen LogP contribution in [-0.4, -0.2) is 24.9 Å². The minimum Gasteiger partial charge on any atom is -0.456 e. The lowest BCUT2D eigenvalue weighted by Gasteiger charge is -2.12. The molecule has 0 amide bonds. The zero-order valence-electron chi connectivity index (χ0n) is 36.4. The van der Waals surface area contributed by atoms with Crippen LogP contribution in [0.15, 0.2) is 233 Å². The first kappa shape index (κ1) is 39.1. The normalized spacial score (nSPS) is 11.5. The van der Waals surface area contributed by atoms with E-state index in [1.807, 2.05) is 91.0 Å². The molecule has 0 saturated carbocycles. The first-order valence-electron chi connectivity index (χ1n) is 22.6. The molecule has 68 heavy (non-hydrogen) atoms. The van der Waals surface area contributed by atoms with Gasteiger partial charge in [-0.1, -0.05) is 182 Å². The summed E-state index contributed by atoms with van der Waals surface area (Å²) in [6, 6.07) is 76.4. The predicted molar refractivity (Wildman–Crippen MR) is 273 cm³/mol. The Hall–Kier alpha value is -9.33. The summed E-state index contributed by atoms with van der Waals surface area (Å²) in [6.07, 6.45) is 0. The summed E-state index contributed by atoms with van der Waals surface area (Å²) >= 11 is 0. The van der Waals surface area contributed by atoms with Crippen LogP contribution < -0.4 is 0 Å². The summed E-state index contributed by atoms with van der Waals surface area (Å²) < 4.78 is 12.6. The molecule has 4 aromatic heterocycles. The van der Waals surface area contributed by atoms with Gasteiger partial charge in [0.1, 0.15) is 22.3 Å². The van der Waals surface area contributed by atoms with Crippen molar-refractivity contribution in [2.75, 3.05) is 0 Å². The maximum atomic E-state index is 6.38. The fourth-order valence-electron chi connectivity index (χ4n) is 9.17. The lowest BCUT2D eigenvalue weighted by atomic mass is 9.98. The van der Waals surface area contributed by atoms with Crippen molar-refractivity contribution >= 4 is 43.9 Å². The van der Waals surface area contributed by atoms with Crippen LogP contribution >= 0.6 is 0 Å². The Morgan fingerprint density at radius 1 is 0.235 bits per heavy atom. The van der Waals surface area contributed by atoms with E-state index in [2.05, 4.69) is 133 Å². The molecule has 4 heterocycles. The Kier molecular flexibility index (Phi) is 9.35. The molecule has 7 nitrogen and oxygen atoms in total. The minimum atomic E-state index is 0.565. The SMILES string of the molecule is c1ccc(-c2nc(-c3ccc(-c4cccc5c4oc4ccccc45)cc3)cc(-c3cccc(-c4cccc(-c5nc(-c6ccccc6)nc(-c6ccc7c(c6)oc6ccccc67)n5)c4)c3)n2)cc1. The Labute approximate surface area is 390 Å². The smallest absolute Gasteiger partial charge is 0.164 e. The van der Waals surface area contributed by atoms with Crippen molar-refractivity contribution in [1.29, 1.82) is 0 Å². The van der Waals surface area contributed by atoms with Gasteiger partial charge in [0.15, 0.2) is 23.3 Å². The number of aromatic nitrogens is 5. The quantitative estimate of drug-likeness (QED) is 0.150. The number of benzene rings is 9. The molecule has 13 aromatic rings. The summed E-state index contributed by atoms with van der Waals surface area (Å²) in [5.41, 5.74) is 14.7. The van der Waals surface area contributed by atoms with Crippen LogP contribution in [0, 0.1) is 0 Å². The van der Waals surface area contributed by atoms with Gasteiger partial charge in [-0.05, 0) is 59.2 Å². The number of fused-ring (bicyclic) bond motifs is 6. The summed E-state index contributed by atoms with van der Waals surface area (Å²) in [5, 5.41) is 4.35. The van der Waals surface area contributed by atoms with Gasteiger partial charge in [-0.2, -0.15) is 0 Å². The maximum Gasteiger partial charge on any atom is 0.164 e. The maximum absolute atomic E-state index is 6.38. The second-order valence-electron chi connectivity index (χ2n) is 16.8. The molecule has 0 unspecified atom stereocenters. The molecule has 0 radical (unpaired) electrons. The number of hydrogen-bond donors (Lipinski definition) is 0. The molecule has 0 N–H and O–H groups in total. The molecule has 0 fully saturated rings. The third-order valence-electron chi connectivity index (χ3n) is 12.6. The van der Waals surface area contributed by atoms with Crippen molar-refractivity contribution in [2.45, 2.75) is 0 Å². The van der Waals surface area contributed by atoms with E-state index in [-0.39, 0.29) is 0 Å². The molecule has 0 aliphatic rings.